The van der Waals surface area contributed by atoms with Gasteiger partial charge in [-0.3, -0.25) is 10.1 Å². The fraction of sp³-hybridized carbons (Fsp3) is 0.550. The third-order valence-corrected chi connectivity index (χ3v) is 4.49. The standard InChI is InChI=1S/C20H28N2O5/c1-3-17(27-16-12-8-5-9-13-16)19(24)26-14(2)18(23)22-20(25)21-15-10-6-4-7-11-15/h5,8-9,12-15,17H,3-4,6-7,10-11H2,1-2H3,(H2,21,22,23,25)/t14-,17+/m0/s1. The van der Waals surface area contributed by atoms with Gasteiger partial charge in [0.05, 0.1) is 0 Å². The zero-order chi connectivity index (χ0) is 19.6. The number of rotatable bonds is 7. The van der Waals surface area contributed by atoms with Crippen molar-refractivity contribution in [2.24, 2.45) is 0 Å². The molecule has 0 bridgehead atoms. The Bertz CT molecular complexity index is 629. The predicted molar refractivity (Wildman–Crippen MR) is 100 cm³/mol. The zero-order valence-electron chi connectivity index (χ0n) is 15.9. The molecule has 0 spiro atoms. The van der Waals surface area contributed by atoms with Crippen molar-refractivity contribution < 1.29 is 23.9 Å². The fourth-order valence-electron chi connectivity index (χ4n) is 2.95. The van der Waals surface area contributed by atoms with E-state index >= 15 is 0 Å². The van der Waals surface area contributed by atoms with Gasteiger partial charge in [-0.2, -0.15) is 0 Å². The second-order valence-electron chi connectivity index (χ2n) is 6.70. The van der Waals surface area contributed by atoms with Crippen LogP contribution in [0, 0.1) is 0 Å². The van der Waals surface area contributed by atoms with E-state index in [0.29, 0.717) is 12.2 Å². The first kappa shape index (κ1) is 20.7. The Kier molecular flexibility index (Phi) is 8.10. The number of hydrogen-bond donors (Lipinski definition) is 2. The number of esters is 1. The normalized spacial score (nSPS) is 16.7. The van der Waals surface area contributed by atoms with Gasteiger partial charge in [0.15, 0.2) is 12.2 Å². The predicted octanol–water partition coefficient (Wildman–Crippen LogP) is 2.93. The van der Waals surface area contributed by atoms with Crippen LogP contribution in [0.5, 0.6) is 5.75 Å². The van der Waals surface area contributed by atoms with Crippen LogP contribution in [-0.4, -0.2) is 36.2 Å². The molecule has 7 heteroatoms. The minimum Gasteiger partial charge on any atom is -0.479 e. The lowest BCUT2D eigenvalue weighted by molar-refractivity contribution is -0.161. The number of imide groups is 1. The van der Waals surface area contributed by atoms with Gasteiger partial charge in [-0.25, -0.2) is 9.59 Å². The number of carbonyl (C=O) groups excluding carboxylic acids is 3. The molecule has 0 unspecified atom stereocenters. The molecule has 2 rings (SSSR count). The molecule has 27 heavy (non-hydrogen) atoms. The minimum absolute atomic E-state index is 0.0909. The van der Waals surface area contributed by atoms with Gasteiger partial charge in [0.25, 0.3) is 5.91 Å². The largest absolute Gasteiger partial charge is 0.479 e. The van der Waals surface area contributed by atoms with Gasteiger partial charge in [-0.1, -0.05) is 44.4 Å². The lowest BCUT2D eigenvalue weighted by Gasteiger charge is -2.23. The average Bonchev–Trinajstić information content (AvgIpc) is 2.67. The lowest BCUT2D eigenvalue weighted by Crippen LogP contribution is -2.48. The summed E-state index contributed by atoms with van der Waals surface area (Å²) in [5.74, 6) is -0.756. The van der Waals surface area contributed by atoms with Crippen molar-refractivity contribution in [3.63, 3.8) is 0 Å². The van der Waals surface area contributed by atoms with Gasteiger partial charge in [0.1, 0.15) is 5.75 Å². The van der Waals surface area contributed by atoms with Crippen LogP contribution < -0.4 is 15.4 Å². The van der Waals surface area contributed by atoms with E-state index in [1.165, 1.54) is 13.3 Å². The molecule has 0 heterocycles. The van der Waals surface area contributed by atoms with Crippen molar-refractivity contribution in [1.29, 1.82) is 0 Å². The molecule has 148 valence electrons. The molecule has 2 atom stereocenters. The molecule has 1 fully saturated rings. The second-order valence-corrected chi connectivity index (χ2v) is 6.70. The highest BCUT2D eigenvalue weighted by atomic mass is 16.6. The smallest absolute Gasteiger partial charge is 0.348 e. The molecule has 1 aromatic carbocycles. The summed E-state index contributed by atoms with van der Waals surface area (Å²) >= 11 is 0. The van der Waals surface area contributed by atoms with E-state index in [1.54, 1.807) is 31.2 Å². The first-order valence-corrected chi connectivity index (χ1v) is 9.53. The maximum Gasteiger partial charge on any atom is 0.348 e. The molecule has 0 aliphatic heterocycles. The molecule has 0 saturated heterocycles. The average molecular weight is 376 g/mol. The number of nitrogens with one attached hydrogen (secondary N) is 2. The van der Waals surface area contributed by atoms with E-state index < -0.39 is 30.1 Å². The van der Waals surface area contributed by atoms with Crippen molar-refractivity contribution in [3.8, 4) is 5.75 Å². The Morgan fingerprint density at radius 3 is 2.41 bits per heavy atom. The summed E-state index contributed by atoms with van der Waals surface area (Å²) in [6.07, 6.45) is 3.64. The third kappa shape index (κ3) is 6.92. The SMILES string of the molecule is CC[C@@H](Oc1ccccc1)C(=O)O[C@@H](C)C(=O)NC(=O)NC1CCCCC1. The van der Waals surface area contributed by atoms with Gasteiger partial charge < -0.3 is 14.8 Å². The highest BCUT2D eigenvalue weighted by Crippen LogP contribution is 2.17. The fourth-order valence-corrected chi connectivity index (χ4v) is 2.95. The second kappa shape index (κ2) is 10.5. The van der Waals surface area contributed by atoms with E-state index in [2.05, 4.69) is 10.6 Å². The number of benzene rings is 1. The van der Waals surface area contributed by atoms with E-state index in [9.17, 15) is 14.4 Å². The minimum atomic E-state index is -1.09. The van der Waals surface area contributed by atoms with E-state index in [1.807, 2.05) is 6.07 Å². The van der Waals surface area contributed by atoms with Crippen LogP contribution in [0.1, 0.15) is 52.4 Å². The van der Waals surface area contributed by atoms with E-state index in [-0.39, 0.29) is 6.04 Å². The van der Waals surface area contributed by atoms with Crippen LogP contribution in [-0.2, 0) is 14.3 Å². The molecule has 1 saturated carbocycles. The highest BCUT2D eigenvalue weighted by Gasteiger charge is 2.26. The van der Waals surface area contributed by atoms with Gasteiger partial charge in [-0.05, 0) is 38.3 Å². The summed E-state index contributed by atoms with van der Waals surface area (Å²) in [5.41, 5.74) is 0. The maximum absolute atomic E-state index is 12.3. The highest BCUT2D eigenvalue weighted by molar-refractivity contribution is 5.97. The first-order chi connectivity index (χ1) is 13.0. The number of urea groups is 1. The summed E-state index contributed by atoms with van der Waals surface area (Å²) in [4.78, 5) is 36.3. The molecule has 3 amide bonds. The molecule has 2 N–H and O–H groups in total. The molecule has 7 nitrogen and oxygen atoms in total. The molecule has 1 aliphatic rings. The van der Waals surface area contributed by atoms with Gasteiger partial charge in [0.2, 0.25) is 0 Å². The number of hydrogen-bond acceptors (Lipinski definition) is 5. The van der Waals surface area contributed by atoms with Crippen molar-refractivity contribution in [2.45, 2.75) is 70.6 Å². The Hall–Kier alpha value is -2.57. The number of amides is 3. The van der Waals surface area contributed by atoms with Gasteiger partial charge in [-0.15, -0.1) is 0 Å². The third-order valence-electron chi connectivity index (χ3n) is 4.49. The van der Waals surface area contributed by atoms with Crippen molar-refractivity contribution in [2.75, 3.05) is 0 Å². The zero-order valence-corrected chi connectivity index (χ0v) is 15.9. The van der Waals surface area contributed by atoms with E-state index in [0.717, 1.165) is 25.7 Å². The summed E-state index contributed by atoms with van der Waals surface area (Å²) in [6, 6.07) is 8.46. The van der Waals surface area contributed by atoms with Crippen LogP contribution in [0.25, 0.3) is 0 Å². The quantitative estimate of drug-likeness (QED) is 0.714. The van der Waals surface area contributed by atoms with E-state index in [4.69, 9.17) is 9.47 Å². The Morgan fingerprint density at radius 2 is 1.78 bits per heavy atom. The Balaban J connectivity index is 1.79. The summed E-state index contributed by atoms with van der Waals surface area (Å²) in [5, 5.41) is 5.02. The molecule has 0 aromatic heterocycles. The lowest BCUT2D eigenvalue weighted by atomic mass is 9.96. The van der Waals surface area contributed by atoms with Crippen LogP contribution in [0.3, 0.4) is 0 Å². The van der Waals surface area contributed by atoms with Crippen LogP contribution in [0.2, 0.25) is 0 Å². The summed E-state index contributed by atoms with van der Waals surface area (Å²) in [7, 11) is 0. The molecule has 0 radical (unpaired) electrons. The van der Waals surface area contributed by atoms with Gasteiger partial charge >= 0.3 is 12.0 Å². The molecular formula is C20H28N2O5. The maximum atomic E-state index is 12.3. The number of ether oxygens (including phenoxy) is 2. The topological polar surface area (TPSA) is 93.7 Å². The summed E-state index contributed by atoms with van der Waals surface area (Å²) in [6.45, 7) is 3.22. The van der Waals surface area contributed by atoms with Crippen molar-refractivity contribution in [3.05, 3.63) is 30.3 Å². The van der Waals surface area contributed by atoms with Gasteiger partial charge in [0, 0.05) is 6.04 Å². The van der Waals surface area contributed by atoms with Crippen molar-refractivity contribution >= 4 is 17.9 Å². The Labute approximate surface area is 159 Å². The molecule has 1 aromatic rings. The monoisotopic (exact) mass is 376 g/mol. The molecular weight excluding hydrogens is 348 g/mol. The van der Waals surface area contributed by atoms with Crippen molar-refractivity contribution in [1.82, 2.24) is 10.6 Å². The first-order valence-electron chi connectivity index (χ1n) is 9.53. The number of carbonyl (C=O) groups is 3. The van der Waals surface area contributed by atoms with Crippen LogP contribution >= 0.6 is 0 Å². The number of para-hydroxylation sites is 1. The Morgan fingerprint density at radius 1 is 1.11 bits per heavy atom. The molecule has 1 aliphatic carbocycles. The summed E-state index contributed by atoms with van der Waals surface area (Å²) < 4.78 is 10.8. The van der Waals surface area contributed by atoms with Crippen LogP contribution in [0.4, 0.5) is 4.79 Å². The van der Waals surface area contributed by atoms with Crippen LogP contribution in [0.15, 0.2) is 30.3 Å².